The van der Waals surface area contributed by atoms with Crippen LogP contribution < -0.4 is 11.1 Å². The predicted molar refractivity (Wildman–Crippen MR) is 67.6 cm³/mol. The summed E-state index contributed by atoms with van der Waals surface area (Å²) in [5.74, 6) is 0.362. The summed E-state index contributed by atoms with van der Waals surface area (Å²) in [6.07, 6.45) is 1.02. The van der Waals surface area contributed by atoms with Crippen molar-refractivity contribution in [1.82, 2.24) is 15.3 Å². The van der Waals surface area contributed by atoms with Crippen molar-refractivity contribution in [3.05, 3.63) is 17.5 Å². The molecule has 0 aromatic carbocycles. The van der Waals surface area contributed by atoms with Gasteiger partial charge < -0.3 is 11.1 Å². The number of nitrogens with zero attached hydrogens (tertiary/aromatic N) is 2. The van der Waals surface area contributed by atoms with Gasteiger partial charge in [-0.1, -0.05) is 20.3 Å². The topological polar surface area (TPSA) is 80.9 Å². The normalized spacial score (nSPS) is 14.1. The lowest BCUT2D eigenvalue weighted by atomic mass is 10.0. The van der Waals surface area contributed by atoms with E-state index >= 15 is 0 Å². The van der Waals surface area contributed by atoms with E-state index in [1.54, 1.807) is 13.0 Å². The van der Waals surface area contributed by atoms with E-state index in [2.05, 4.69) is 29.1 Å². The number of hydrogen-bond acceptors (Lipinski definition) is 4. The maximum Gasteiger partial charge on any atom is 0.270 e. The third kappa shape index (κ3) is 3.69. The molecule has 0 aliphatic rings. The number of carbonyl (C=O) groups is 1. The standard InChI is InChI=1S/C12H20N4O/c1-5-7(2)9(4)15-11(17)10-6-8(3)14-12(13)16-10/h6-7,9H,5H2,1-4H3,(H,15,17)(H2,13,14,16). The third-order valence-corrected chi connectivity index (χ3v) is 2.96. The number of hydrogen-bond donors (Lipinski definition) is 2. The van der Waals surface area contributed by atoms with Crippen LogP contribution in [-0.2, 0) is 0 Å². The van der Waals surface area contributed by atoms with Crippen LogP contribution in [0.2, 0.25) is 0 Å². The number of rotatable bonds is 4. The maximum atomic E-state index is 11.9. The highest BCUT2D eigenvalue weighted by Gasteiger charge is 2.16. The summed E-state index contributed by atoms with van der Waals surface area (Å²) in [6, 6.07) is 1.75. The van der Waals surface area contributed by atoms with Gasteiger partial charge in [0.1, 0.15) is 5.69 Å². The van der Waals surface area contributed by atoms with Crippen molar-refractivity contribution in [2.24, 2.45) is 5.92 Å². The van der Waals surface area contributed by atoms with Gasteiger partial charge in [-0.25, -0.2) is 9.97 Å². The van der Waals surface area contributed by atoms with E-state index in [0.29, 0.717) is 17.3 Å². The molecule has 94 valence electrons. The van der Waals surface area contributed by atoms with Crippen molar-refractivity contribution in [2.75, 3.05) is 5.73 Å². The first-order valence-corrected chi connectivity index (χ1v) is 5.86. The molecule has 0 bridgehead atoms. The van der Waals surface area contributed by atoms with Crippen LogP contribution in [0.15, 0.2) is 6.07 Å². The minimum Gasteiger partial charge on any atom is -0.368 e. The van der Waals surface area contributed by atoms with Crippen molar-refractivity contribution >= 4 is 11.9 Å². The highest BCUT2D eigenvalue weighted by molar-refractivity contribution is 5.92. The number of nitrogens with one attached hydrogen (secondary N) is 1. The lowest BCUT2D eigenvalue weighted by Gasteiger charge is -2.19. The van der Waals surface area contributed by atoms with Gasteiger partial charge in [0.2, 0.25) is 5.95 Å². The van der Waals surface area contributed by atoms with E-state index in [4.69, 9.17) is 5.73 Å². The van der Waals surface area contributed by atoms with Crippen LogP contribution in [0.4, 0.5) is 5.95 Å². The molecule has 1 amide bonds. The first kappa shape index (κ1) is 13.4. The average Bonchev–Trinajstić information content (AvgIpc) is 2.26. The summed E-state index contributed by atoms with van der Waals surface area (Å²) in [6.45, 7) is 7.97. The number of aromatic nitrogens is 2. The average molecular weight is 236 g/mol. The molecule has 17 heavy (non-hydrogen) atoms. The molecule has 5 heteroatoms. The molecule has 0 spiro atoms. The molecule has 0 radical (unpaired) electrons. The number of aryl methyl sites for hydroxylation is 1. The third-order valence-electron chi connectivity index (χ3n) is 2.96. The minimum atomic E-state index is -0.199. The molecular weight excluding hydrogens is 216 g/mol. The van der Waals surface area contributed by atoms with E-state index in [1.807, 2.05) is 6.92 Å². The van der Waals surface area contributed by atoms with Crippen molar-refractivity contribution < 1.29 is 4.79 Å². The summed E-state index contributed by atoms with van der Waals surface area (Å²) in [7, 11) is 0. The molecule has 5 nitrogen and oxygen atoms in total. The Balaban J connectivity index is 2.76. The number of nitrogen functional groups attached to an aromatic ring is 1. The predicted octanol–water partition coefficient (Wildman–Crippen LogP) is 1.53. The van der Waals surface area contributed by atoms with Gasteiger partial charge >= 0.3 is 0 Å². The van der Waals surface area contributed by atoms with Crippen LogP contribution >= 0.6 is 0 Å². The fourth-order valence-electron chi connectivity index (χ4n) is 1.48. The first-order valence-electron chi connectivity index (χ1n) is 5.86. The highest BCUT2D eigenvalue weighted by Crippen LogP contribution is 2.08. The zero-order valence-corrected chi connectivity index (χ0v) is 10.8. The summed E-state index contributed by atoms with van der Waals surface area (Å²) < 4.78 is 0. The first-order chi connectivity index (χ1) is 7.93. The highest BCUT2D eigenvalue weighted by atomic mass is 16.1. The van der Waals surface area contributed by atoms with Crippen LogP contribution in [0.25, 0.3) is 0 Å². The van der Waals surface area contributed by atoms with Crippen LogP contribution in [0.5, 0.6) is 0 Å². The van der Waals surface area contributed by atoms with Crippen molar-refractivity contribution in [1.29, 1.82) is 0 Å². The van der Waals surface area contributed by atoms with Gasteiger partial charge in [-0.05, 0) is 25.8 Å². The second-order valence-corrected chi connectivity index (χ2v) is 4.40. The molecule has 0 aliphatic carbocycles. The number of anilines is 1. The SMILES string of the molecule is CCC(C)C(C)NC(=O)c1cc(C)nc(N)n1. The maximum absolute atomic E-state index is 11.9. The lowest BCUT2D eigenvalue weighted by Crippen LogP contribution is -2.37. The molecule has 2 unspecified atom stereocenters. The number of carbonyl (C=O) groups excluding carboxylic acids is 1. The molecule has 1 aromatic rings. The largest absolute Gasteiger partial charge is 0.368 e. The molecule has 0 fully saturated rings. The summed E-state index contributed by atoms with van der Waals surface area (Å²) in [5, 5.41) is 2.92. The molecule has 1 rings (SSSR count). The van der Waals surface area contributed by atoms with Crippen LogP contribution in [-0.4, -0.2) is 21.9 Å². The van der Waals surface area contributed by atoms with Gasteiger partial charge in [0, 0.05) is 11.7 Å². The van der Waals surface area contributed by atoms with E-state index < -0.39 is 0 Å². The minimum absolute atomic E-state index is 0.115. The van der Waals surface area contributed by atoms with E-state index in [1.165, 1.54) is 0 Å². The molecular formula is C12H20N4O. The molecule has 2 atom stereocenters. The zero-order valence-electron chi connectivity index (χ0n) is 10.8. The summed E-state index contributed by atoms with van der Waals surface area (Å²) in [4.78, 5) is 19.8. The van der Waals surface area contributed by atoms with Gasteiger partial charge in [0.25, 0.3) is 5.91 Å². The second-order valence-electron chi connectivity index (χ2n) is 4.40. The Labute approximate surface area is 102 Å². The van der Waals surface area contributed by atoms with E-state index in [-0.39, 0.29) is 17.9 Å². The van der Waals surface area contributed by atoms with Gasteiger partial charge in [0.05, 0.1) is 0 Å². The molecule has 1 aromatic heterocycles. The van der Waals surface area contributed by atoms with Crippen LogP contribution in [0, 0.1) is 12.8 Å². The molecule has 1 heterocycles. The fourth-order valence-corrected chi connectivity index (χ4v) is 1.48. The van der Waals surface area contributed by atoms with Crippen molar-refractivity contribution in [2.45, 2.75) is 40.2 Å². The van der Waals surface area contributed by atoms with Crippen molar-refractivity contribution in [3.8, 4) is 0 Å². The Kier molecular flexibility index (Phi) is 4.43. The summed E-state index contributed by atoms with van der Waals surface area (Å²) >= 11 is 0. The van der Waals surface area contributed by atoms with E-state index in [0.717, 1.165) is 6.42 Å². The Morgan fingerprint density at radius 1 is 1.47 bits per heavy atom. The summed E-state index contributed by atoms with van der Waals surface area (Å²) in [5.41, 5.74) is 6.53. The van der Waals surface area contributed by atoms with Crippen LogP contribution in [0.1, 0.15) is 43.4 Å². The number of nitrogens with two attached hydrogens (primary N) is 1. The monoisotopic (exact) mass is 236 g/mol. The fraction of sp³-hybridized carbons (Fsp3) is 0.583. The van der Waals surface area contributed by atoms with Gasteiger partial charge in [0.15, 0.2) is 0 Å². The van der Waals surface area contributed by atoms with E-state index in [9.17, 15) is 4.79 Å². The number of amides is 1. The van der Waals surface area contributed by atoms with Gasteiger partial charge in [-0.3, -0.25) is 4.79 Å². The Morgan fingerprint density at radius 3 is 2.65 bits per heavy atom. The quantitative estimate of drug-likeness (QED) is 0.830. The molecule has 0 saturated carbocycles. The van der Waals surface area contributed by atoms with Crippen molar-refractivity contribution in [3.63, 3.8) is 0 Å². The smallest absolute Gasteiger partial charge is 0.270 e. The van der Waals surface area contributed by atoms with Gasteiger partial charge in [-0.2, -0.15) is 0 Å². The van der Waals surface area contributed by atoms with Gasteiger partial charge in [-0.15, -0.1) is 0 Å². The van der Waals surface area contributed by atoms with Crippen LogP contribution in [0.3, 0.4) is 0 Å². The molecule has 0 aliphatic heterocycles. The molecule has 0 saturated heterocycles. The zero-order chi connectivity index (χ0) is 13.0. The Bertz CT molecular complexity index is 385. The Hall–Kier alpha value is -1.65. The second kappa shape index (κ2) is 5.61. The Morgan fingerprint density at radius 2 is 2.12 bits per heavy atom. The lowest BCUT2D eigenvalue weighted by molar-refractivity contribution is 0.0923. The molecule has 3 N–H and O–H groups in total.